The van der Waals surface area contributed by atoms with Crippen molar-refractivity contribution in [3.8, 4) is 0 Å². The van der Waals surface area contributed by atoms with Gasteiger partial charge in [0.05, 0.1) is 12.5 Å². The number of alkyl carbamates (subject to hydrolysis) is 1. The molecule has 0 aromatic heterocycles. The van der Waals surface area contributed by atoms with Gasteiger partial charge in [0.1, 0.15) is 6.61 Å². The average molecular weight is 339 g/mol. The molecular weight excluding hydrogens is 318 g/mol. The predicted octanol–water partition coefficient (Wildman–Crippen LogP) is 3.56. The van der Waals surface area contributed by atoms with Crippen molar-refractivity contribution in [2.45, 2.75) is 25.5 Å². The van der Waals surface area contributed by atoms with Crippen molar-refractivity contribution < 1.29 is 19.4 Å². The molecular formula is C20H21NO4. The summed E-state index contributed by atoms with van der Waals surface area (Å²) in [5, 5.41) is 11.5. The average Bonchev–Trinajstić information content (AvgIpc) is 2.61. The van der Waals surface area contributed by atoms with E-state index in [-0.39, 0.29) is 19.1 Å². The molecule has 2 rings (SSSR count). The van der Waals surface area contributed by atoms with Gasteiger partial charge in [0.25, 0.3) is 0 Å². The van der Waals surface area contributed by atoms with Crippen LogP contribution in [0.4, 0.5) is 4.79 Å². The van der Waals surface area contributed by atoms with Crippen LogP contribution in [-0.2, 0) is 22.6 Å². The summed E-state index contributed by atoms with van der Waals surface area (Å²) in [6.07, 6.45) is 3.15. The van der Waals surface area contributed by atoms with E-state index < -0.39 is 12.1 Å². The van der Waals surface area contributed by atoms with Gasteiger partial charge in [0.2, 0.25) is 0 Å². The van der Waals surface area contributed by atoms with Crippen LogP contribution in [0.5, 0.6) is 0 Å². The molecule has 0 aliphatic rings. The number of carbonyl (C=O) groups excluding carboxylic acids is 1. The van der Waals surface area contributed by atoms with E-state index in [1.807, 2.05) is 60.7 Å². The fourth-order valence-corrected chi connectivity index (χ4v) is 2.28. The molecule has 1 amide bonds. The fraction of sp³-hybridized carbons (Fsp3) is 0.200. The van der Waals surface area contributed by atoms with Crippen molar-refractivity contribution in [3.05, 3.63) is 83.9 Å². The SMILES string of the molecule is O=C(O)C/C=C\[C@H](Cc1ccccc1)NC(=O)OCc1ccccc1. The predicted molar refractivity (Wildman–Crippen MR) is 95.1 cm³/mol. The van der Waals surface area contributed by atoms with E-state index in [0.29, 0.717) is 6.42 Å². The van der Waals surface area contributed by atoms with Gasteiger partial charge in [-0.1, -0.05) is 72.8 Å². The van der Waals surface area contributed by atoms with Crippen LogP contribution in [0.3, 0.4) is 0 Å². The molecule has 0 aliphatic heterocycles. The summed E-state index contributed by atoms with van der Waals surface area (Å²) in [6, 6.07) is 18.7. The minimum atomic E-state index is -0.915. The Morgan fingerprint density at radius 2 is 1.60 bits per heavy atom. The molecule has 0 saturated heterocycles. The van der Waals surface area contributed by atoms with Crippen molar-refractivity contribution in [2.24, 2.45) is 0 Å². The summed E-state index contributed by atoms with van der Waals surface area (Å²) in [5.74, 6) is -0.915. The molecule has 0 heterocycles. The summed E-state index contributed by atoms with van der Waals surface area (Å²) in [5.41, 5.74) is 1.94. The van der Waals surface area contributed by atoms with Crippen molar-refractivity contribution in [1.82, 2.24) is 5.32 Å². The van der Waals surface area contributed by atoms with Crippen molar-refractivity contribution in [2.75, 3.05) is 0 Å². The first-order chi connectivity index (χ1) is 12.1. The van der Waals surface area contributed by atoms with Gasteiger partial charge in [-0.3, -0.25) is 4.79 Å². The maximum absolute atomic E-state index is 12.0. The topological polar surface area (TPSA) is 75.6 Å². The van der Waals surface area contributed by atoms with Gasteiger partial charge in [-0.25, -0.2) is 4.79 Å². The number of hydrogen-bond acceptors (Lipinski definition) is 3. The maximum atomic E-state index is 12.0. The Balaban J connectivity index is 1.92. The molecule has 0 aliphatic carbocycles. The van der Waals surface area contributed by atoms with Gasteiger partial charge in [-0.15, -0.1) is 0 Å². The monoisotopic (exact) mass is 339 g/mol. The fourth-order valence-electron chi connectivity index (χ4n) is 2.28. The van der Waals surface area contributed by atoms with Crippen molar-refractivity contribution in [3.63, 3.8) is 0 Å². The van der Waals surface area contributed by atoms with Gasteiger partial charge in [0, 0.05) is 0 Å². The quantitative estimate of drug-likeness (QED) is 0.721. The number of aliphatic carboxylic acids is 1. The van der Waals surface area contributed by atoms with E-state index in [1.54, 1.807) is 6.08 Å². The highest BCUT2D eigenvalue weighted by Crippen LogP contribution is 2.06. The number of benzene rings is 2. The van der Waals surface area contributed by atoms with E-state index in [1.165, 1.54) is 6.08 Å². The van der Waals surface area contributed by atoms with Crippen LogP contribution in [0.15, 0.2) is 72.8 Å². The van der Waals surface area contributed by atoms with Crippen LogP contribution in [0.25, 0.3) is 0 Å². The van der Waals surface area contributed by atoms with E-state index >= 15 is 0 Å². The van der Waals surface area contributed by atoms with Crippen LogP contribution in [0.2, 0.25) is 0 Å². The Bertz CT molecular complexity index is 698. The third-order valence-electron chi connectivity index (χ3n) is 3.48. The summed E-state index contributed by atoms with van der Waals surface area (Å²) in [7, 11) is 0. The van der Waals surface area contributed by atoms with E-state index in [2.05, 4.69) is 5.32 Å². The maximum Gasteiger partial charge on any atom is 0.407 e. The molecule has 2 aromatic carbocycles. The second-order valence-electron chi connectivity index (χ2n) is 5.53. The number of ether oxygens (including phenoxy) is 1. The van der Waals surface area contributed by atoms with Gasteiger partial charge in [0.15, 0.2) is 0 Å². The third kappa shape index (κ3) is 7.35. The summed E-state index contributed by atoms with van der Waals surface area (Å²) in [4.78, 5) is 22.7. The normalized spacial score (nSPS) is 11.8. The zero-order chi connectivity index (χ0) is 17.9. The van der Waals surface area contributed by atoms with E-state index in [0.717, 1.165) is 11.1 Å². The Hall–Kier alpha value is -3.08. The Kier molecular flexibility index (Phi) is 7.25. The lowest BCUT2D eigenvalue weighted by Gasteiger charge is -2.15. The van der Waals surface area contributed by atoms with Crippen molar-refractivity contribution >= 4 is 12.1 Å². The molecule has 0 fully saturated rings. The molecule has 0 unspecified atom stereocenters. The number of carbonyl (C=O) groups is 2. The number of carboxylic acids is 1. The van der Waals surface area contributed by atoms with Gasteiger partial charge < -0.3 is 15.2 Å². The lowest BCUT2D eigenvalue weighted by atomic mass is 10.1. The molecule has 25 heavy (non-hydrogen) atoms. The highest BCUT2D eigenvalue weighted by molar-refractivity contribution is 5.69. The number of nitrogens with one attached hydrogen (secondary N) is 1. The van der Waals surface area contributed by atoms with Crippen LogP contribution >= 0.6 is 0 Å². The second-order valence-corrected chi connectivity index (χ2v) is 5.53. The van der Waals surface area contributed by atoms with E-state index in [4.69, 9.17) is 9.84 Å². The Labute approximate surface area is 146 Å². The van der Waals surface area contributed by atoms with Gasteiger partial charge in [-0.05, 0) is 17.5 Å². The second kappa shape index (κ2) is 9.93. The molecule has 2 aromatic rings. The smallest absolute Gasteiger partial charge is 0.407 e. The van der Waals surface area contributed by atoms with Crippen molar-refractivity contribution in [1.29, 1.82) is 0 Å². The largest absolute Gasteiger partial charge is 0.481 e. The molecule has 0 saturated carbocycles. The molecule has 130 valence electrons. The third-order valence-corrected chi connectivity index (χ3v) is 3.48. The summed E-state index contributed by atoms with van der Waals surface area (Å²) < 4.78 is 5.22. The van der Waals surface area contributed by atoms with Crippen LogP contribution in [0, 0.1) is 0 Å². The lowest BCUT2D eigenvalue weighted by Crippen LogP contribution is -2.35. The molecule has 5 nitrogen and oxygen atoms in total. The highest BCUT2D eigenvalue weighted by Gasteiger charge is 2.11. The van der Waals surface area contributed by atoms with Crippen LogP contribution in [0.1, 0.15) is 17.5 Å². The molecule has 1 atom stereocenters. The Morgan fingerprint density at radius 3 is 2.20 bits per heavy atom. The molecule has 0 radical (unpaired) electrons. The first-order valence-electron chi connectivity index (χ1n) is 8.03. The number of amides is 1. The van der Waals surface area contributed by atoms with Gasteiger partial charge in [-0.2, -0.15) is 0 Å². The lowest BCUT2D eigenvalue weighted by molar-refractivity contribution is -0.136. The standard InChI is InChI=1S/C20H21NO4/c22-19(23)13-7-12-18(14-16-8-3-1-4-9-16)21-20(24)25-15-17-10-5-2-6-11-17/h1-12,18H,13-15H2,(H,21,24)(H,22,23)/b12-7-/t18-/m1/s1. The number of carboxylic acid groups (broad SMARTS) is 1. The minimum Gasteiger partial charge on any atom is -0.481 e. The first-order valence-corrected chi connectivity index (χ1v) is 8.03. The summed E-state index contributed by atoms with van der Waals surface area (Å²) in [6.45, 7) is 0.184. The minimum absolute atomic E-state index is 0.0912. The van der Waals surface area contributed by atoms with Crippen LogP contribution < -0.4 is 5.32 Å². The first kappa shape index (κ1) is 18.3. The molecule has 0 spiro atoms. The zero-order valence-corrected chi connectivity index (χ0v) is 13.8. The highest BCUT2D eigenvalue weighted by atomic mass is 16.5. The zero-order valence-electron chi connectivity index (χ0n) is 13.8. The molecule has 5 heteroatoms. The van der Waals surface area contributed by atoms with E-state index in [9.17, 15) is 9.59 Å². The number of hydrogen-bond donors (Lipinski definition) is 2. The number of rotatable bonds is 8. The molecule has 2 N–H and O–H groups in total. The van der Waals surface area contributed by atoms with Crippen LogP contribution in [-0.4, -0.2) is 23.2 Å². The Morgan fingerprint density at radius 1 is 1.00 bits per heavy atom. The molecule has 0 bridgehead atoms. The van der Waals surface area contributed by atoms with Gasteiger partial charge >= 0.3 is 12.1 Å². The summed E-state index contributed by atoms with van der Waals surface area (Å²) >= 11 is 0.